The topological polar surface area (TPSA) is 59.3 Å². The normalized spacial score (nSPS) is 10.9. The van der Waals surface area contributed by atoms with Crippen LogP contribution in [0.3, 0.4) is 0 Å². The molecule has 24 heavy (non-hydrogen) atoms. The van der Waals surface area contributed by atoms with Crippen LogP contribution in [0.1, 0.15) is 9.67 Å². The van der Waals surface area contributed by atoms with Crippen molar-refractivity contribution in [3.8, 4) is 11.3 Å². The number of amides is 1. The van der Waals surface area contributed by atoms with Crippen molar-refractivity contribution in [1.29, 1.82) is 0 Å². The number of rotatable bonds is 3. The van der Waals surface area contributed by atoms with E-state index in [0.717, 1.165) is 5.56 Å². The monoisotopic (exact) mass is 354 g/mol. The zero-order chi connectivity index (χ0) is 16.5. The van der Waals surface area contributed by atoms with Crippen molar-refractivity contribution in [1.82, 2.24) is 14.4 Å². The van der Waals surface area contributed by atoms with Crippen LogP contribution in [0.5, 0.6) is 0 Å². The van der Waals surface area contributed by atoms with Crippen molar-refractivity contribution < 1.29 is 4.79 Å². The third-order valence-corrected chi connectivity index (χ3v) is 4.62. The molecule has 1 amide bonds. The fourth-order valence-electron chi connectivity index (χ4n) is 2.39. The highest BCUT2D eigenvalue weighted by atomic mass is 35.5. The second-order valence-corrected chi connectivity index (χ2v) is 6.42. The van der Waals surface area contributed by atoms with Gasteiger partial charge in [-0.25, -0.2) is 9.97 Å². The summed E-state index contributed by atoms with van der Waals surface area (Å²) in [5.74, 6) is 0.925. The summed E-state index contributed by atoms with van der Waals surface area (Å²) < 4.78 is 1.76. The summed E-state index contributed by atoms with van der Waals surface area (Å²) in [7, 11) is 0. The number of aromatic nitrogens is 3. The molecule has 118 valence electrons. The number of hydrogen-bond acceptors (Lipinski definition) is 4. The molecule has 4 rings (SSSR count). The number of thiophene rings is 1. The molecule has 0 aliphatic carbocycles. The number of carbonyl (C=O) groups excluding carboxylic acids is 1. The fraction of sp³-hybridized carbons (Fsp3) is 0. The molecule has 1 aromatic carbocycles. The van der Waals surface area contributed by atoms with E-state index in [-0.39, 0.29) is 5.91 Å². The van der Waals surface area contributed by atoms with Gasteiger partial charge in [-0.3, -0.25) is 9.20 Å². The van der Waals surface area contributed by atoms with E-state index in [4.69, 9.17) is 11.6 Å². The molecule has 7 heteroatoms. The zero-order valence-electron chi connectivity index (χ0n) is 12.3. The molecule has 5 nitrogen and oxygen atoms in total. The Bertz CT molecular complexity index is 1010. The second kappa shape index (κ2) is 6.07. The average molecular weight is 355 g/mol. The van der Waals surface area contributed by atoms with Crippen LogP contribution in [0.2, 0.25) is 5.02 Å². The predicted molar refractivity (Wildman–Crippen MR) is 95.7 cm³/mol. The Kier molecular flexibility index (Phi) is 3.76. The minimum atomic E-state index is -0.175. The van der Waals surface area contributed by atoms with Gasteiger partial charge in [-0.2, -0.15) is 0 Å². The molecule has 1 N–H and O–H groups in total. The summed E-state index contributed by atoms with van der Waals surface area (Å²) in [6.45, 7) is 0. The SMILES string of the molecule is O=C(Nc1c(-c2ccc(Cl)cc2)nc2ncccn12)c1cccs1. The zero-order valence-corrected chi connectivity index (χ0v) is 13.9. The maximum Gasteiger partial charge on any atom is 0.266 e. The molecule has 3 heterocycles. The summed E-state index contributed by atoms with van der Waals surface area (Å²) in [5, 5.41) is 5.46. The Morgan fingerprint density at radius 3 is 2.75 bits per heavy atom. The molecular formula is C17H11ClN4OS. The number of nitrogens with zero attached hydrogens (tertiary/aromatic N) is 3. The van der Waals surface area contributed by atoms with Crippen molar-refractivity contribution in [3.63, 3.8) is 0 Å². The van der Waals surface area contributed by atoms with Crippen molar-refractivity contribution in [2.45, 2.75) is 0 Å². The first-order valence-electron chi connectivity index (χ1n) is 7.16. The Morgan fingerprint density at radius 1 is 1.17 bits per heavy atom. The first kappa shape index (κ1) is 14.9. The maximum absolute atomic E-state index is 12.5. The van der Waals surface area contributed by atoms with E-state index in [1.54, 1.807) is 34.9 Å². The lowest BCUT2D eigenvalue weighted by Crippen LogP contribution is -2.12. The molecule has 0 spiro atoms. The molecule has 0 fully saturated rings. The molecule has 0 aliphatic rings. The third kappa shape index (κ3) is 2.66. The van der Waals surface area contributed by atoms with Gasteiger partial charge in [0, 0.05) is 23.0 Å². The maximum atomic E-state index is 12.5. The molecule has 3 aromatic heterocycles. The van der Waals surface area contributed by atoms with E-state index in [1.165, 1.54) is 11.3 Å². The van der Waals surface area contributed by atoms with Crippen LogP contribution >= 0.6 is 22.9 Å². The quantitative estimate of drug-likeness (QED) is 0.594. The Hall–Kier alpha value is -2.70. The van der Waals surface area contributed by atoms with Gasteiger partial charge in [-0.05, 0) is 29.6 Å². The van der Waals surface area contributed by atoms with Gasteiger partial charge in [0.05, 0.1) is 4.88 Å². The minimum absolute atomic E-state index is 0.175. The predicted octanol–water partition coefficient (Wildman–Crippen LogP) is 4.36. The summed E-state index contributed by atoms with van der Waals surface area (Å²) in [6, 6.07) is 12.7. The van der Waals surface area contributed by atoms with E-state index in [9.17, 15) is 4.79 Å². The molecule has 0 atom stereocenters. The highest BCUT2D eigenvalue weighted by Crippen LogP contribution is 2.29. The largest absolute Gasteiger partial charge is 0.305 e. The van der Waals surface area contributed by atoms with Gasteiger partial charge in [-0.1, -0.05) is 29.8 Å². The number of anilines is 1. The Labute approximate surface area is 146 Å². The Morgan fingerprint density at radius 2 is 2.00 bits per heavy atom. The van der Waals surface area contributed by atoms with Gasteiger partial charge in [0.2, 0.25) is 5.78 Å². The van der Waals surface area contributed by atoms with Gasteiger partial charge in [-0.15, -0.1) is 11.3 Å². The molecular weight excluding hydrogens is 344 g/mol. The lowest BCUT2D eigenvalue weighted by molar-refractivity contribution is 0.103. The van der Waals surface area contributed by atoms with Gasteiger partial charge >= 0.3 is 0 Å². The smallest absolute Gasteiger partial charge is 0.266 e. The van der Waals surface area contributed by atoms with Gasteiger partial charge in [0.1, 0.15) is 11.5 Å². The number of imidazole rings is 1. The fourth-order valence-corrected chi connectivity index (χ4v) is 3.14. The van der Waals surface area contributed by atoms with E-state index in [1.807, 2.05) is 29.8 Å². The first-order chi connectivity index (χ1) is 11.7. The van der Waals surface area contributed by atoms with Crippen LogP contribution in [0.15, 0.2) is 60.2 Å². The number of benzene rings is 1. The minimum Gasteiger partial charge on any atom is -0.305 e. The molecule has 0 radical (unpaired) electrons. The Balaban J connectivity index is 1.84. The van der Waals surface area contributed by atoms with Crippen LogP contribution in [0, 0.1) is 0 Å². The molecule has 0 saturated heterocycles. The van der Waals surface area contributed by atoms with Gasteiger partial charge in [0.15, 0.2) is 0 Å². The third-order valence-electron chi connectivity index (χ3n) is 3.50. The summed E-state index contributed by atoms with van der Waals surface area (Å²) in [6.07, 6.45) is 3.48. The van der Waals surface area contributed by atoms with Crippen LogP contribution in [0.4, 0.5) is 5.82 Å². The van der Waals surface area contributed by atoms with Crippen molar-refractivity contribution >= 4 is 40.4 Å². The molecule has 0 saturated carbocycles. The standard InChI is InChI=1S/C17H11ClN4OS/c18-12-6-4-11(5-7-12)14-15(21-16(23)13-3-1-10-24-13)22-9-2-8-19-17(22)20-14/h1-10H,(H,21,23). The van der Waals surface area contributed by atoms with Crippen LogP contribution in [-0.4, -0.2) is 20.3 Å². The van der Waals surface area contributed by atoms with Crippen LogP contribution in [0.25, 0.3) is 17.0 Å². The van der Waals surface area contributed by atoms with Crippen molar-refractivity contribution in [3.05, 3.63) is 70.1 Å². The highest BCUT2D eigenvalue weighted by molar-refractivity contribution is 7.12. The van der Waals surface area contributed by atoms with Crippen molar-refractivity contribution in [2.24, 2.45) is 0 Å². The second-order valence-electron chi connectivity index (χ2n) is 5.04. The van der Waals surface area contributed by atoms with Gasteiger partial charge < -0.3 is 5.32 Å². The lowest BCUT2D eigenvalue weighted by atomic mass is 10.1. The van der Waals surface area contributed by atoms with E-state index in [2.05, 4.69) is 15.3 Å². The summed E-state index contributed by atoms with van der Waals surface area (Å²) >= 11 is 7.35. The van der Waals surface area contributed by atoms with Crippen molar-refractivity contribution in [2.75, 3.05) is 5.32 Å². The van der Waals surface area contributed by atoms with Gasteiger partial charge in [0.25, 0.3) is 5.91 Å². The number of halogens is 1. The number of hydrogen-bond donors (Lipinski definition) is 1. The average Bonchev–Trinajstić information content (AvgIpc) is 3.24. The number of carbonyl (C=O) groups is 1. The van der Waals surface area contributed by atoms with E-state index in [0.29, 0.717) is 27.2 Å². The number of fused-ring (bicyclic) bond motifs is 1. The van der Waals surface area contributed by atoms with E-state index >= 15 is 0 Å². The van der Waals surface area contributed by atoms with Crippen LogP contribution in [-0.2, 0) is 0 Å². The lowest BCUT2D eigenvalue weighted by Gasteiger charge is -2.06. The highest BCUT2D eigenvalue weighted by Gasteiger charge is 2.18. The summed E-state index contributed by atoms with van der Waals surface area (Å²) in [4.78, 5) is 21.9. The molecule has 4 aromatic rings. The summed E-state index contributed by atoms with van der Waals surface area (Å²) in [5.41, 5.74) is 1.50. The number of nitrogens with one attached hydrogen (secondary N) is 1. The van der Waals surface area contributed by atoms with E-state index < -0.39 is 0 Å². The molecule has 0 bridgehead atoms. The van der Waals surface area contributed by atoms with Crippen LogP contribution < -0.4 is 5.32 Å². The molecule has 0 aliphatic heterocycles. The molecule has 0 unspecified atom stereocenters. The first-order valence-corrected chi connectivity index (χ1v) is 8.42.